The Morgan fingerprint density at radius 3 is 2.05 bits per heavy atom. The molecule has 296 valence electrons. The number of benzene rings is 5. The molecule has 0 bridgehead atoms. The van der Waals surface area contributed by atoms with Crippen molar-refractivity contribution in [3.63, 3.8) is 0 Å². The Morgan fingerprint density at radius 1 is 0.719 bits per heavy atom. The first-order valence-corrected chi connectivity index (χ1v) is 19.8. The highest BCUT2D eigenvalue weighted by Crippen LogP contribution is 2.39. The minimum absolute atomic E-state index is 0.00414. The molecule has 0 saturated carbocycles. The van der Waals surface area contributed by atoms with Gasteiger partial charge in [-0.1, -0.05) is 127 Å². The van der Waals surface area contributed by atoms with Gasteiger partial charge in [0.25, 0.3) is 0 Å². The van der Waals surface area contributed by atoms with Gasteiger partial charge in [-0.05, 0) is 45.0 Å². The third-order valence-corrected chi connectivity index (χ3v) is 10.8. The summed E-state index contributed by atoms with van der Waals surface area (Å²) >= 11 is 0. The number of ether oxygens (including phenoxy) is 3. The first-order valence-electron chi connectivity index (χ1n) is 19.8. The topological polar surface area (TPSA) is 113 Å². The minimum atomic E-state index is -0.808. The third kappa shape index (κ3) is 11.2. The number of aliphatic hydroxyl groups excluding tert-OH is 1. The van der Waals surface area contributed by atoms with Crippen LogP contribution in [0.3, 0.4) is 0 Å². The van der Waals surface area contributed by atoms with Crippen LogP contribution in [-0.4, -0.2) is 78.9 Å². The summed E-state index contributed by atoms with van der Waals surface area (Å²) in [5.41, 5.74) is 8.11. The summed E-state index contributed by atoms with van der Waals surface area (Å²) < 4.78 is 18.3. The maximum atomic E-state index is 12.9. The summed E-state index contributed by atoms with van der Waals surface area (Å²) in [4.78, 5) is 30.3. The highest BCUT2D eigenvalue weighted by Gasteiger charge is 2.34. The Morgan fingerprint density at radius 2 is 1.37 bits per heavy atom. The second kappa shape index (κ2) is 19.7. The fraction of sp³-hybridized carbons (Fsp3) is 0.319. The number of hydrogen-bond acceptors (Lipinski definition) is 8. The van der Waals surface area contributed by atoms with Crippen molar-refractivity contribution in [3.8, 4) is 11.1 Å². The molecule has 57 heavy (non-hydrogen) atoms. The summed E-state index contributed by atoms with van der Waals surface area (Å²) in [7, 11) is 1.32. The molecule has 4 atom stereocenters. The largest absolute Gasteiger partial charge is 0.467 e. The number of amides is 2. The highest BCUT2D eigenvalue weighted by molar-refractivity contribution is 5.83. The monoisotopic (exact) mass is 768 g/mol. The van der Waals surface area contributed by atoms with Gasteiger partial charge in [0.2, 0.25) is 0 Å². The minimum Gasteiger partial charge on any atom is -0.467 e. The molecule has 2 fully saturated rings. The van der Waals surface area contributed by atoms with Crippen LogP contribution in [0, 0.1) is 0 Å². The van der Waals surface area contributed by atoms with E-state index >= 15 is 0 Å². The molecule has 5 aromatic rings. The number of urea groups is 1. The lowest BCUT2D eigenvalue weighted by Gasteiger charge is -2.40. The lowest BCUT2D eigenvalue weighted by Crippen LogP contribution is -2.49. The van der Waals surface area contributed by atoms with Gasteiger partial charge in [0.15, 0.2) is 6.29 Å². The van der Waals surface area contributed by atoms with Crippen LogP contribution in [0.2, 0.25) is 0 Å². The molecule has 0 unspecified atom stereocenters. The Labute approximate surface area is 335 Å². The average molecular weight is 769 g/mol. The van der Waals surface area contributed by atoms with Gasteiger partial charge in [-0.15, -0.1) is 0 Å². The van der Waals surface area contributed by atoms with Crippen LogP contribution in [0.4, 0.5) is 4.79 Å². The molecule has 10 nitrogen and oxygen atoms in total. The number of nitrogens with zero attached hydrogens (tertiary/aromatic N) is 2. The fourth-order valence-corrected chi connectivity index (χ4v) is 7.56. The van der Waals surface area contributed by atoms with Gasteiger partial charge in [-0.25, -0.2) is 9.59 Å². The Kier molecular flexibility index (Phi) is 13.8. The van der Waals surface area contributed by atoms with Crippen LogP contribution in [-0.2, 0) is 45.1 Å². The Hall–Kier alpha value is -5.36. The predicted molar refractivity (Wildman–Crippen MR) is 220 cm³/mol. The predicted octanol–water partition coefficient (Wildman–Crippen LogP) is 6.79. The zero-order valence-electron chi connectivity index (χ0n) is 32.5. The van der Waals surface area contributed by atoms with Crippen LogP contribution in [0.1, 0.15) is 52.2 Å². The molecule has 0 aliphatic carbocycles. The quantitative estimate of drug-likeness (QED) is 0.106. The molecule has 2 saturated heterocycles. The SMILES string of the molecule is COC(=O)[C@H](Cc1ccccc1)NC(=O)NCc1cccc(-c2ccc([C@H]3O[C@@H](CN4CCN(Cc5ccccc5)CC4)C[C@@H](c4ccc(CO)cc4)O3)cc2)c1. The number of carbonyl (C=O) groups is 2. The first kappa shape index (κ1) is 39.9. The smallest absolute Gasteiger partial charge is 0.328 e. The fourth-order valence-electron chi connectivity index (χ4n) is 7.56. The van der Waals surface area contributed by atoms with Gasteiger partial charge in [0, 0.05) is 64.2 Å². The summed E-state index contributed by atoms with van der Waals surface area (Å²) in [6.07, 6.45) is 0.365. The van der Waals surface area contributed by atoms with Crippen molar-refractivity contribution in [2.24, 2.45) is 0 Å². The number of piperazine rings is 1. The highest BCUT2D eigenvalue weighted by atomic mass is 16.7. The molecular weight excluding hydrogens is 717 g/mol. The molecule has 10 heteroatoms. The van der Waals surface area contributed by atoms with Gasteiger partial charge in [-0.3, -0.25) is 9.80 Å². The molecule has 5 aromatic carbocycles. The van der Waals surface area contributed by atoms with Crippen molar-refractivity contribution in [1.29, 1.82) is 0 Å². The molecule has 0 spiro atoms. The van der Waals surface area contributed by atoms with Gasteiger partial charge in [0.1, 0.15) is 6.04 Å². The molecular formula is C47H52N4O6. The molecule has 2 heterocycles. The van der Waals surface area contributed by atoms with Crippen LogP contribution in [0.15, 0.2) is 133 Å². The molecule has 7 rings (SSSR count). The van der Waals surface area contributed by atoms with E-state index in [1.54, 1.807) is 0 Å². The number of esters is 1. The van der Waals surface area contributed by atoms with Gasteiger partial charge >= 0.3 is 12.0 Å². The van der Waals surface area contributed by atoms with Crippen molar-refractivity contribution >= 4 is 12.0 Å². The van der Waals surface area contributed by atoms with Gasteiger partial charge in [0.05, 0.1) is 25.9 Å². The summed E-state index contributed by atoms with van der Waals surface area (Å²) in [6.45, 7) is 6.11. The number of aliphatic hydroxyl groups is 1. The van der Waals surface area contributed by atoms with Crippen molar-refractivity contribution < 1.29 is 28.9 Å². The standard InChI is InChI=1S/C47H52N4O6/c1-55-45(53)43(28-34-9-4-2-5-10-34)49-47(54)48-30-37-13-8-14-41(27-37)38-19-21-40(22-20-38)46-56-42(29-44(57-46)39-17-15-36(33-52)16-18-39)32-51-25-23-50(24-26-51)31-35-11-6-3-7-12-35/h2-22,27,42-44,46,52H,23-26,28-33H2,1H3,(H2,48,49,54)/t42-,43+,44+,46+/m1/s1. The van der Waals surface area contributed by atoms with Gasteiger partial charge < -0.3 is 30.0 Å². The zero-order chi connectivity index (χ0) is 39.4. The van der Waals surface area contributed by atoms with Crippen LogP contribution >= 0.6 is 0 Å². The molecule has 2 amide bonds. The van der Waals surface area contributed by atoms with E-state index in [2.05, 4.69) is 87.2 Å². The summed E-state index contributed by atoms with van der Waals surface area (Å²) in [6, 6.07) is 43.2. The van der Waals surface area contributed by atoms with E-state index in [4.69, 9.17) is 14.2 Å². The van der Waals surface area contributed by atoms with Crippen molar-refractivity contribution in [2.75, 3.05) is 39.8 Å². The van der Waals surface area contributed by atoms with E-state index in [0.717, 1.165) is 84.6 Å². The number of hydrogen-bond donors (Lipinski definition) is 3. The third-order valence-electron chi connectivity index (χ3n) is 10.8. The summed E-state index contributed by atoms with van der Waals surface area (Å²) in [5, 5.41) is 15.3. The molecule has 2 aliphatic heterocycles. The molecule has 2 aliphatic rings. The maximum Gasteiger partial charge on any atom is 0.328 e. The normalized spacial score (nSPS) is 19.4. The van der Waals surface area contributed by atoms with Crippen molar-refractivity contribution in [3.05, 3.63) is 167 Å². The second-order valence-corrected chi connectivity index (χ2v) is 14.8. The lowest BCUT2D eigenvalue weighted by atomic mass is 9.98. The zero-order valence-corrected chi connectivity index (χ0v) is 32.5. The van der Waals surface area contributed by atoms with Crippen molar-refractivity contribution in [2.45, 2.75) is 57.1 Å². The van der Waals surface area contributed by atoms with Gasteiger partial charge in [-0.2, -0.15) is 0 Å². The lowest BCUT2D eigenvalue weighted by molar-refractivity contribution is -0.253. The number of nitrogens with one attached hydrogen (secondary N) is 2. The van der Waals surface area contributed by atoms with E-state index in [1.807, 2.05) is 66.7 Å². The maximum absolute atomic E-state index is 12.9. The average Bonchev–Trinajstić information content (AvgIpc) is 3.26. The molecule has 0 radical (unpaired) electrons. The Bertz CT molecular complexity index is 2020. The number of carbonyl (C=O) groups excluding carboxylic acids is 2. The van der Waals surface area contributed by atoms with Crippen molar-refractivity contribution in [1.82, 2.24) is 20.4 Å². The van der Waals surface area contributed by atoms with Crippen LogP contribution in [0.25, 0.3) is 11.1 Å². The molecule has 0 aromatic heterocycles. The van der Waals surface area contributed by atoms with E-state index in [-0.39, 0.29) is 25.4 Å². The summed E-state index contributed by atoms with van der Waals surface area (Å²) in [5.74, 6) is -0.501. The Balaban J connectivity index is 0.978. The van der Waals surface area contributed by atoms with E-state index in [0.29, 0.717) is 6.42 Å². The number of methoxy groups -OCH3 is 1. The van der Waals surface area contributed by atoms with Crippen LogP contribution < -0.4 is 10.6 Å². The first-order chi connectivity index (χ1) is 27.9. The second-order valence-electron chi connectivity index (χ2n) is 14.8. The van der Waals surface area contributed by atoms with E-state index in [9.17, 15) is 14.7 Å². The van der Waals surface area contributed by atoms with E-state index in [1.165, 1.54) is 12.7 Å². The number of rotatable bonds is 14. The molecule has 3 N–H and O–H groups in total. The van der Waals surface area contributed by atoms with E-state index < -0.39 is 24.3 Å². The van der Waals surface area contributed by atoms with Crippen LogP contribution in [0.5, 0.6) is 0 Å².